The first-order valence-corrected chi connectivity index (χ1v) is 5.94. The Morgan fingerprint density at radius 3 is 2.26 bits per heavy atom. The largest absolute Gasteiger partial charge is 0.416 e. The number of carbonyl (C=O) groups excluding carboxylic acids is 1. The molecular weight excluding hydrogens is 259 g/mol. The van der Waals surface area contributed by atoms with E-state index in [1.807, 2.05) is 6.92 Å². The molecule has 1 aromatic rings. The molecule has 1 aliphatic rings. The third-order valence-corrected chi connectivity index (χ3v) is 3.37. The third kappa shape index (κ3) is 2.73. The van der Waals surface area contributed by atoms with Crippen molar-refractivity contribution in [2.75, 3.05) is 13.1 Å². The van der Waals surface area contributed by atoms with Crippen LogP contribution in [-0.4, -0.2) is 34.6 Å². The Morgan fingerprint density at radius 2 is 1.84 bits per heavy atom. The van der Waals surface area contributed by atoms with Crippen molar-refractivity contribution in [3.8, 4) is 0 Å². The minimum atomic E-state index is -4.40. The number of β-amino-alcohol motifs (C(OH)–C–C–N with tert-alkyl or cyclic N) is 1. The van der Waals surface area contributed by atoms with Gasteiger partial charge in [0.2, 0.25) is 0 Å². The van der Waals surface area contributed by atoms with E-state index in [2.05, 4.69) is 0 Å². The van der Waals surface area contributed by atoms with Crippen LogP contribution in [0.4, 0.5) is 13.2 Å². The fourth-order valence-electron chi connectivity index (χ4n) is 2.02. The molecule has 0 spiro atoms. The Hall–Kier alpha value is -1.56. The number of alkyl halides is 3. The molecular formula is C13H14F3NO2. The molecule has 0 aromatic heterocycles. The predicted octanol–water partition coefficient (Wildman–Crippen LogP) is 2.30. The minimum Gasteiger partial charge on any atom is -0.386 e. The number of carbonyl (C=O) groups is 1. The Balaban J connectivity index is 2.06. The first-order chi connectivity index (χ1) is 8.75. The van der Waals surface area contributed by atoms with Gasteiger partial charge in [-0.1, -0.05) is 6.92 Å². The van der Waals surface area contributed by atoms with E-state index < -0.39 is 17.3 Å². The standard InChI is InChI=1S/C13H14F3NO2/c1-2-12(19)7-17(8-12)11(18)9-3-5-10(6-4-9)13(14,15)16/h3-6,19H,2,7-8H2,1H3. The van der Waals surface area contributed by atoms with Crippen molar-refractivity contribution in [3.05, 3.63) is 35.4 Å². The van der Waals surface area contributed by atoms with E-state index in [1.165, 1.54) is 4.90 Å². The Morgan fingerprint density at radius 1 is 1.32 bits per heavy atom. The van der Waals surface area contributed by atoms with Gasteiger partial charge < -0.3 is 10.0 Å². The van der Waals surface area contributed by atoms with Crippen LogP contribution >= 0.6 is 0 Å². The normalized spacial score (nSPS) is 18.1. The van der Waals surface area contributed by atoms with Crippen molar-refractivity contribution >= 4 is 5.91 Å². The summed E-state index contributed by atoms with van der Waals surface area (Å²) >= 11 is 0. The number of likely N-dealkylation sites (tertiary alicyclic amines) is 1. The summed E-state index contributed by atoms with van der Waals surface area (Å²) in [5.74, 6) is -0.355. The summed E-state index contributed by atoms with van der Waals surface area (Å²) in [7, 11) is 0. The zero-order valence-electron chi connectivity index (χ0n) is 10.4. The fraction of sp³-hybridized carbons (Fsp3) is 0.462. The van der Waals surface area contributed by atoms with Gasteiger partial charge in [-0.05, 0) is 30.7 Å². The summed E-state index contributed by atoms with van der Waals surface area (Å²) in [6, 6.07) is 4.10. The first kappa shape index (κ1) is 13.9. The van der Waals surface area contributed by atoms with Crippen LogP contribution in [-0.2, 0) is 6.18 Å². The molecule has 6 heteroatoms. The van der Waals surface area contributed by atoms with Gasteiger partial charge in [0, 0.05) is 5.56 Å². The van der Waals surface area contributed by atoms with E-state index in [4.69, 9.17) is 0 Å². The molecule has 0 atom stereocenters. The van der Waals surface area contributed by atoms with Crippen molar-refractivity contribution in [2.45, 2.75) is 25.1 Å². The summed E-state index contributed by atoms with van der Waals surface area (Å²) in [5, 5.41) is 9.79. The van der Waals surface area contributed by atoms with Gasteiger partial charge >= 0.3 is 6.18 Å². The highest BCUT2D eigenvalue weighted by atomic mass is 19.4. The van der Waals surface area contributed by atoms with Crippen LogP contribution in [0.25, 0.3) is 0 Å². The first-order valence-electron chi connectivity index (χ1n) is 5.94. The second kappa shape index (κ2) is 4.52. The zero-order valence-corrected chi connectivity index (χ0v) is 10.4. The van der Waals surface area contributed by atoms with Crippen molar-refractivity contribution in [1.82, 2.24) is 4.90 Å². The number of rotatable bonds is 2. The highest BCUT2D eigenvalue weighted by Crippen LogP contribution is 2.30. The molecule has 2 rings (SSSR count). The summed E-state index contributed by atoms with van der Waals surface area (Å²) < 4.78 is 37.1. The van der Waals surface area contributed by atoms with Gasteiger partial charge in [0.1, 0.15) is 0 Å². The van der Waals surface area contributed by atoms with Gasteiger partial charge in [0.25, 0.3) is 5.91 Å². The molecule has 1 aromatic carbocycles. The average Bonchev–Trinajstić information content (AvgIpc) is 2.33. The summed E-state index contributed by atoms with van der Waals surface area (Å²) in [5.41, 5.74) is -1.43. The molecule has 1 heterocycles. The molecule has 1 N–H and O–H groups in total. The van der Waals surface area contributed by atoms with Crippen LogP contribution in [0.2, 0.25) is 0 Å². The maximum atomic E-state index is 12.4. The number of nitrogens with zero attached hydrogens (tertiary/aromatic N) is 1. The SMILES string of the molecule is CCC1(O)CN(C(=O)c2ccc(C(F)(F)F)cc2)C1. The van der Waals surface area contributed by atoms with Gasteiger partial charge in [-0.3, -0.25) is 4.79 Å². The molecule has 3 nitrogen and oxygen atoms in total. The molecule has 0 saturated carbocycles. The number of halogens is 3. The van der Waals surface area contributed by atoms with E-state index in [0.717, 1.165) is 24.3 Å². The highest BCUT2D eigenvalue weighted by Gasteiger charge is 2.42. The molecule has 104 valence electrons. The van der Waals surface area contributed by atoms with Gasteiger partial charge in [0.05, 0.1) is 24.3 Å². The third-order valence-electron chi connectivity index (χ3n) is 3.37. The van der Waals surface area contributed by atoms with E-state index >= 15 is 0 Å². The lowest BCUT2D eigenvalue weighted by Gasteiger charge is -2.46. The topological polar surface area (TPSA) is 40.5 Å². The van der Waals surface area contributed by atoms with Crippen LogP contribution in [0, 0.1) is 0 Å². The molecule has 1 amide bonds. The number of aliphatic hydroxyl groups is 1. The Kier molecular flexibility index (Phi) is 3.30. The van der Waals surface area contributed by atoms with E-state index in [0.29, 0.717) is 6.42 Å². The molecule has 1 fully saturated rings. The molecule has 0 unspecified atom stereocenters. The summed E-state index contributed by atoms with van der Waals surface area (Å²) in [4.78, 5) is 13.3. The smallest absolute Gasteiger partial charge is 0.386 e. The van der Waals surface area contributed by atoms with Crippen molar-refractivity contribution in [3.63, 3.8) is 0 Å². The van der Waals surface area contributed by atoms with Crippen LogP contribution in [0.15, 0.2) is 24.3 Å². The lowest BCUT2D eigenvalue weighted by atomic mass is 9.90. The van der Waals surface area contributed by atoms with Crippen molar-refractivity contribution < 1.29 is 23.1 Å². The molecule has 19 heavy (non-hydrogen) atoms. The number of benzene rings is 1. The molecule has 1 saturated heterocycles. The lowest BCUT2D eigenvalue weighted by Crippen LogP contribution is -2.63. The van der Waals surface area contributed by atoms with Crippen LogP contribution < -0.4 is 0 Å². The average molecular weight is 273 g/mol. The van der Waals surface area contributed by atoms with Gasteiger partial charge in [-0.25, -0.2) is 0 Å². The van der Waals surface area contributed by atoms with Gasteiger partial charge in [-0.15, -0.1) is 0 Å². The maximum Gasteiger partial charge on any atom is 0.416 e. The van der Waals surface area contributed by atoms with Gasteiger partial charge in [0.15, 0.2) is 0 Å². The van der Waals surface area contributed by atoms with E-state index in [1.54, 1.807) is 0 Å². The summed E-state index contributed by atoms with van der Waals surface area (Å²) in [6.07, 6.45) is -3.86. The van der Waals surface area contributed by atoms with Crippen LogP contribution in [0.1, 0.15) is 29.3 Å². The second-order valence-electron chi connectivity index (χ2n) is 4.81. The van der Waals surface area contributed by atoms with Crippen molar-refractivity contribution in [1.29, 1.82) is 0 Å². The molecule has 0 aliphatic carbocycles. The minimum absolute atomic E-state index is 0.200. The Bertz CT molecular complexity index is 476. The van der Waals surface area contributed by atoms with Crippen LogP contribution in [0.3, 0.4) is 0 Å². The maximum absolute atomic E-state index is 12.4. The van der Waals surface area contributed by atoms with Gasteiger partial charge in [-0.2, -0.15) is 13.2 Å². The summed E-state index contributed by atoms with van der Waals surface area (Å²) in [6.45, 7) is 2.27. The second-order valence-corrected chi connectivity index (χ2v) is 4.81. The molecule has 0 bridgehead atoms. The highest BCUT2D eigenvalue weighted by molar-refractivity contribution is 5.95. The molecule has 1 aliphatic heterocycles. The quantitative estimate of drug-likeness (QED) is 0.898. The number of amides is 1. The Labute approximate surface area is 108 Å². The predicted molar refractivity (Wildman–Crippen MR) is 62.6 cm³/mol. The van der Waals surface area contributed by atoms with Crippen molar-refractivity contribution in [2.24, 2.45) is 0 Å². The lowest BCUT2D eigenvalue weighted by molar-refractivity contribution is -0.137. The van der Waals surface area contributed by atoms with E-state index in [9.17, 15) is 23.1 Å². The number of hydrogen-bond acceptors (Lipinski definition) is 2. The fourth-order valence-corrected chi connectivity index (χ4v) is 2.02. The monoisotopic (exact) mass is 273 g/mol. The van der Waals surface area contributed by atoms with E-state index in [-0.39, 0.29) is 24.6 Å². The molecule has 0 radical (unpaired) electrons. The van der Waals surface area contributed by atoms with Crippen LogP contribution in [0.5, 0.6) is 0 Å². The number of hydrogen-bond donors (Lipinski definition) is 1. The zero-order chi connectivity index (χ0) is 14.3.